The van der Waals surface area contributed by atoms with Crippen LogP contribution in [0.5, 0.6) is 0 Å². The molecule has 0 saturated heterocycles. The standard InChI is InChI=1S/C5H6F2O/c1-3-4(2-8)5(3,6)7/h2-4H,1H3/t3-,4-/m1/s1. The summed E-state index contributed by atoms with van der Waals surface area (Å²) in [5.41, 5.74) is 0. The number of alkyl halides is 2. The lowest BCUT2D eigenvalue weighted by molar-refractivity contribution is -0.110. The van der Waals surface area contributed by atoms with Gasteiger partial charge in [-0.1, -0.05) is 6.92 Å². The Balaban J connectivity index is 2.57. The second kappa shape index (κ2) is 1.27. The number of hydrogen-bond acceptors (Lipinski definition) is 1. The second-order valence-corrected chi connectivity index (χ2v) is 2.13. The van der Waals surface area contributed by atoms with Crippen molar-refractivity contribution in [1.82, 2.24) is 0 Å². The van der Waals surface area contributed by atoms with Crippen LogP contribution in [0.2, 0.25) is 0 Å². The van der Waals surface area contributed by atoms with E-state index in [-0.39, 0.29) is 0 Å². The molecule has 0 aromatic carbocycles. The molecule has 1 fully saturated rings. The normalized spacial score (nSPS) is 41.4. The summed E-state index contributed by atoms with van der Waals surface area (Å²) in [7, 11) is 0. The first-order chi connectivity index (χ1) is 3.60. The summed E-state index contributed by atoms with van der Waals surface area (Å²) in [5, 5.41) is 0. The molecule has 0 amide bonds. The fraction of sp³-hybridized carbons (Fsp3) is 0.800. The van der Waals surface area contributed by atoms with Gasteiger partial charge in [-0.05, 0) is 0 Å². The minimum Gasteiger partial charge on any atom is -0.303 e. The summed E-state index contributed by atoms with van der Waals surface area (Å²) >= 11 is 0. The van der Waals surface area contributed by atoms with Crippen molar-refractivity contribution in [1.29, 1.82) is 0 Å². The fourth-order valence-corrected chi connectivity index (χ4v) is 0.718. The Kier molecular flexibility index (Phi) is 0.900. The average Bonchev–Trinajstić information content (AvgIpc) is 2.09. The summed E-state index contributed by atoms with van der Waals surface area (Å²) < 4.78 is 23.9. The van der Waals surface area contributed by atoms with Crippen molar-refractivity contribution in [3.05, 3.63) is 0 Å². The van der Waals surface area contributed by atoms with Crippen molar-refractivity contribution in [2.24, 2.45) is 11.8 Å². The minimum absolute atomic E-state index is 0.324. The Bertz CT molecular complexity index is 122. The highest BCUT2D eigenvalue weighted by molar-refractivity contribution is 5.61. The second-order valence-electron chi connectivity index (χ2n) is 2.13. The van der Waals surface area contributed by atoms with E-state index >= 15 is 0 Å². The highest BCUT2D eigenvalue weighted by atomic mass is 19.3. The molecule has 8 heavy (non-hydrogen) atoms. The van der Waals surface area contributed by atoms with Crippen molar-refractivity contribution in [2.75, 3.05) is 0 Å². The molecule has 0 bridgehead atoms. The smallest absolute Gasteiger partial charge is 0.261 e. The number of aldehydes is 1. The first-order valence-electron chi connectivity index (χ1n) is 2.44. The zero-order chi connectivity index (χ0) is 6.36. The van der Waals surface area contributed by atoms with Gasteiger partial charge in [0, 0.05) is 5.92 Å². The molecule has 0 unspecified atom stereocenters. The zero-order valence-electron chi connectivity index (χ0n) is 4.40. The lowest BCUT2D eigenvalue weighted by atomic mass is 10.4. The van der Waals surface area contributed by atoms with Crippen LogP contribution in [0.1, 0.15) is 6.92 Å². The van der Waals surface area contributed by atoms with Gasteiger partial charge >= 0.3 is 0 Å². The minimum atomic E-state index is -2.69. The molecule has 1 aliphatic carbocycles. The van der Waals surface area contributed by atoms with Crippen molar-refractivity contribution >= 4 is 6.29 Å². The monoisotopic (exact) mass is 120 g/mol. The topological polar surface area (TPSA) is 17.1 Å². The predicted octanol–water partition coefficient (Wildman–Crippen LogP) is 1.09. The van der Waals surface area contributed by atoms with Gasteiger partial charge in [0.25, 0.3) is 5.92 Å². The van der Waals surface area contributed by atoms with Crippen LogP contribution in [0, 0.1) is 11.8 Å². The molecule has 1 nitrogen and oxygen atoms in total. The van der Waals surface area contributed by atoms with Crippen molar-refractivity contribution < 1.29 is 13.6 Å². The Morgan fingerprint density at radius 1 is 1.62 bits per heavy atom. The van der Waals surface area contributed by atoms with E-state index in [1.165, 1.54) is 6.92 Å². The molecule has 0 aromatic heterocycles. The molecule has 2 atom stereocenters. The van der Waals surface area contributed by atoms with Crippen LogP contribution in [0.3, 0.4) is 0 Å². The Morgan fingerprint density at radius 2 is 2.00 bits per heavy atom. The Labute approximate surface area is 45.7 Å². The number of carbonyl (C=O) groups is 1. The van der Waals surface area contributed by atoms with Gasteiger partial charge in [-0.2, -0.15) is 0 Å². The summed E-state index contributed by atoms with van der Waals surface area (Å²) in [4.78, 5) is 9.71. The molecule has 1 aliphatic rings. The largest absolute Gasteiger partial charge is 0.303 e. The quantitative estimate of drug-likeness (QED) is 0.473. The Hall–Kier alpha value is -0.470. The van der Waals surface area contributed by atoms with E-state index in [0.717, 1.165) is 0 Å². The van der Waals surface area contributed by atoms with Crippen molar-refractivity contribution in [2.45, 2.75) is 12.8 Å². The third-order valence-electron chi connectivity index (χ3n) is 1.63. The lowest BCUT2D eigenvalue weighted by Gasteiger charge is -1.83. The van der Waals surface area contributed by atoms with Crippen LogP contribution in [0.4, 0.5) is 8.78 Å². The van der Waals surface area contributed by atoms with Gasteiger partial charge in [0.15, 0.2) is 0 Å². The average molecular weight is 120 g/mol. The van der Waals surface area contributed by atoms with Crippen LogP contribution in [0.25, 0.3) is 0 Å². The van der Waals surface area contributed by atoms with Gasteiger partial charge in [-0.3, -0.25) is 0 Å². The molecule has 1 rings (SSSR count). The van der Waals surface area contributed by atoms with E-state index in [4.69, 9.17) is 0 Å². The Morgan fingerprint density at radius 3 is 2.00 bits per heavy atom. The summed E-state index contributed by atoms with van der Waals surface area (Å²) in [5.74, 6) is -4.41. The van der Waals surface area contributed by atoms with Crippen molar-refractivity contribution in [3.63, 3.8) is 0 Å². The lowest BCUT2D eigenvalue weighted by Crippen LogP contribution is -1.93. The van der Waals surface area contributed by atoms with Gasteiger partial charge in [0.2, 0.25) is 0 Å². The summed E-state index contributed by atoms with van der Waals surface area (Å²) in [6.45, 7) is 1.37. The van der Waals surface area contributed by atoms with E-state index in [1.807, 2.05) is 0 Å². The molecule has 0 N–H and O–H groups in total. The molecule has 0 radical (unpaired) electrons. The van der Waals surface area contributed by atoms with Crippen LogP contribution in [0.15, 0.2) is 0 Å². The molecular weight excluding hydrogens is 114 g/mol. The molecule has 0 heterocycles. The summed E-state index contributed by atoms with van der Waals surface area (Å²) in [6, 6.07) is 0. The molecular formula is C5H6F2O. The number of hydrogen-bond donors (Lipinski definition) is 0. The van der Waals surface area contributed by atoms with Gasteiger partial charge in [-0.25, -0.2) is 8.78 Å². The maximum atomic E-state index is 12.0. The van der Waals surface area contributed by atoms with Crippen LogP contribution in [-0.2, 0) is 4.79 Å². The van der Waals surface area contributed by atoms with Crippen molar-refractivity contribution in [3.8, 4) is 0 Å². The SMILES string of the molecule is C[C@@H]1[C@@H](C=O)C1(F)F. The highest BCUT2D eigenvalue weighted by Crippen LogP contribution is 2.53. The van der Waals surface area contributed by atoms with E-state index in [9.17, 15) is 13.6 Å². The van der Waals surface area contributed by atoms with Gasteiger partial charge in [0.1, 0.15) is 6.29 Å². The zero-order valence-corrected chi connectivity index (χ0v) is 4.40. The summed E-state index contributed by atoms with van der Waals surface area (Å²) in [6.07, 6.45) is 0.324. The molecule has 3 heteroatoms. The van der Waals surface area contributed by atoms with E-state index in [0.29, 0.717) is 6.29 Å². The van der Waals surface area contributed by atoms with Gasteiger partial charge < -0.3 is 4.79 Å². The molecule has 46 valence electrons. The van der Waals surface area contributed by atoms with E-state index in [1.54, 1.807) is 0 Å². The maximum Gasteiger partial charge on any atom is 0.261 e. The first kappa shape index (κ1) is 5.66. The van der Waals surface area contributed by atoms with Gasteiger partial charge in [-0.15, -0.1) is 0 Å². The number of rotatable bonds is 1. The van der Waals surface area contributed by atoms with Crippen LogP contribution >= 0.6 is 0 Å². The fourth-order valence-electron chi connectivity index (χ4n) is 0.718. The van der Waals surface area contributed by atoms with Crippen LogP contribution < -0.4 is 0 Å². The van der Waals surface area contributed by atoms with Gasteiger partial charge in [0.05, 0.1) is 5.92 Å². The van der Waals surface area contributed by atoms with Crippen LogP contribution in [-0.4, -0.2) is 12.2 Å². The third-order valence-corrected chi connectivity index (χ3v) is 1.63. The predicted molar refractivity (Wildman–Crippen MR) is 23.7 cm³/mol. The highest BCUT2D eigenvalue weighted by Gasteiger charge is 2.65. The molecule has 0 aromatic rings. The van der Waals surface area contributed by atoms with E-state index in [2.05, 4.69) is 0 Å². The maximum absolute atomic E-state index is 12.0. The molecule has 0 spiro atoms. The van der Waals surface area contributed by atoms with E-state index < -0.39 is 17.8 Å². The third kappa shape index (κ3) is 0.471. The number of carbonyl (C=O) groups excluding carboxylic acids is 1. The number of halogens is 2. The molecule has 1 saturated carbocycles. The molecule has 0 aliphatic heterocycles. The first-order valence-corrected chi connectivity index (χ1v) is 2.44.